The van der Waals surface area contributed by atoms with Crippen molar-refractivity contribution < 1.29 is 9.53 Å². The molecule has 0 bridgehead atoms. The second-order valence-corrected chi connectivity index (χ2v) is 7.09. The van der Waals surface area contributed by atoms with Crippen LogP contribution in [0.4, 0.5) is 0 Å². The van der Waals surface area contributed by atoms with Crippen LogP contribution in [0.3, 0.4) is 0 Å². The molecular formula is C21H30ClN3O2. The van der Waals surface area contributed by atoms with Crippen LogP contribution in [-0.4, -0.2) is 35.5 Å². The summed E-state index contributed by atoms with van der Waals surface area (Å²) in [4.78, 5) is 17.7. The van der Waals surface area contributed by atoms with Crippen molar-refractivity contribution in [3.05, 3.63) is 46.0 Å². The maximum absolute atomic E-state index is 11.3. The highest BCUT2D eigenvalue weighted by Gasteiger charge is 2.25. The third-order valence-corrected chi connectivity index (χ3v) is 5.05. The van der Waals surface area contributed by atoms with E-state index >= 15 is 0 Å². The van der Waals surface area contributed by atoms with E-state index < -0.39 is 0 Å². The first kappa shape index (κ1) is 21.3. The van der Waals surface area contributed by atoms with Gasteiger partial charge in [-0.05, 0) is 50.7 Å². The number of carbonyl (C=O) groups excluding carboxylic acids is 1. The van der Waals surface area contributed by atoms with Crippen molar-refractivity contribution in [3.63, 3.8) is 0 Å². The molecular weight excluding hydrogens is 362 g/mol. The Morgan fingerprint density at radius 3 is 2.74 bits per heavy atom. The van der Waals surface area contributed by atoms with Crippen molar-refractivity contribution in [1.29, 1.82) is 0 Å². The largest absolute Gasteiger partial charge is 0.487 e. The first-order chi connectivity index (χ1) is 13.1. The molecule has 1 aromatic heterocycles. The molecule has 0 amide bonds. The highest BCUT2D eigenvalue weighted by atomic mass is 35.5. The fraction of sp³-hybridized carbons (Fsp3) is 0.524. The van der Waals surface area contributed by atoms with Crippen molar-refractivity contribution in [1.82, 2.24) is 15.2 Å². The van der Waals surface area contributed by atoms with Gasteiger partial charge in [0, 0.05) is 18.4 Å². The zero-order valence-electron chi connectivity index (χ0n) is 16.7. The number of hydrogen-bond donors (Lipinski definition) is 1. The molecule has 6 heteroatoms. The number of nitrogens with one attached hydrogen (secondary N) is 1. The molecule has 1 aliphatic carbocycles. The molecule has 2 heterocycles. The van der Waals surface area contributed by atoms with Gasteiger partial charge in [0.15, 0.2) is 6.29 Å². The van der Waals surface area contributed by atoms with E-state index in [9.17, 15) is 4.79 Å². The smallest absolute Gasteiger partial charge is 0.155 e. The van der Waals surface area contributed by atoms with Crippen LogP contribution < -0.4 is 10.1 Å². The van der Waals surface area contributed by atoms with Crippen molar-refractivity contribution in [3.8, 4) is 5.75 Å². The van der Waals surface area contributed by atoms with Gasteiger partial charge < -0.3 is 15.0 Å². The third-order valence-electron chi connectivity index (χ3n) is 4.75. The average molecular weight is 392 g/mol. The number of hydrogen-bond acceptors (Lipinski definition) is 5. The third kappa shape index (κ3) is 5.04. The normalized spacial score (nSPS) is 16.5. The molecule has 0 fully saturated rings. The van der Waals surface area contributed by atoms with Crippen LogP contribution in [-0.2, 0) is 0 Å². The Balaban J connectivity index is 0.00000126. The van der Waals surface area contributed by atoms with E-state index in [1.54, 1.807) is 6.20 Å². The fourth-order valence-corrected chi connectivity index (χ4v) is 3.58. The topological polar surface area (TPSA) is 54.5 Å². The van der Waals surface area contributed by atoms with Crippen molar-refractivity contribution >= 4 is 17.9 Å². The van der Waals surface area contributed by atoms with Crippen LogP contribution in [0, 0.1) is 0 Å². The Kier molecular flexibility index (Phi) is 8.17. The minimum atomic E-state index is 0.319. The number of allylic oxidation sites excluding steroid dienone is 1. The summed E-state index contributed by atoms with van der Waals surface area (Å²) in [6, 6.07) is 0.441. The van der Waals surface area contributed by atoms with Crippen LogP contribution in [0.25, 0.3) is 0 Å². The van der Waals surface area contributed by atoms with Crippen molar-refractivity contribution in [2.45, 2.75) is 59.4 Å². The molecule has 1 aliphatic heterocycles. The van der Waals surface area contributed by atoms with Gasteiger partial charge in [0.25, 0.3) is 0 Å². The summed E-state index contributed by atoms with van der Waals surface area (Å²) in [6.45, 7) is 9.71. The van der Waals surface area contributed by atoms with Gasteiger partial charge in [-0.15, -0.1) is 0 Å². The van der Waals surface area contributed by atoms with Crippen LogP contribution in [0.5, 0.6) is 5.75 Å². The molecule has 0 aromatic carbocycles. The number of aromatic nitrogens is 1. The van der Waals surface area contributed by atoms with Gasteiger partial charge >= 0.3 is 0 Å². The molecule has 0 spiro atoms. The second kappa shape index (κ2) is 10.4. The molecule has 27 heavy (non-hydrogen) atoms. The fourth-order valence-electron chi connectivity index (χ4n) is 3.39. The predicted molar refractivity (Wildman–Crippen MR) is 110 cm³/mol. The standard InChI is InChI=1S/C19H24ClN3O2.C2H6/c1-13(2)23-12-22-8-18(23)15-6-4-3-5-14(15)11-25-19-9-21-7-17(20)16(19)10-24;1-2/h7-10,13,22H,3-6,11-12H2,1-2H3;1-2H3. The number of aldehydes is 1. The summed E-state index contributed by atoms with van der Waals surface area (Å²) in [7, 11) is 0. The van der Waals surface area contributed by atoms with Gasteiger partial charge in [-0.3, -0.25) is 9.78 Å². The number of rotatable bonds is 6. The summed E-state index contributed by atoms with van der Waals surface area (Å²) in [6.07, 6.45) is 10.3. The van der Waals surface area contributed by atoms with Gasteiger partial charge in [0.05, 0.1) is 29.1 Å². The molecule has 0 atom stereocenters. The highest BCUT2D eigenvalue weighted by Crippen LogP contribution is 2.34. The minimum absolute atomic E-state index is 0.319. The Morgan fingerprint density at radius 2 is 2.04 bits per heavy atom. The molecule has 2 aliphatic rings. The lowest BCUT2D eigenvalue weighted by molar-refractivity contribution is 0.112. The van der Waals surface area contributed by atoms with Gasteiger partial charge in [-0.1, -0.05) is 25.4 Å². The zero-order valence-corrected chi connectivity index (χ0v) is 17.5. The molecule has 0 saturated heterocycles. The molecule has 1 N–H and O–H groups in total. The number of pyridine rings is 1. The van der Waals surface area contributed by atoms with Gasteiger partial charge in [-0.2, -0.15) is 0 Å². The molecule has 1 aromatic rings. The monoisotopic (exact) mass is 391 g/mol. The lowest BCUT2D eigenvalue weighted by atomic mass is 9.89. The zero-order chi connectivity index (χ0) is 19.8. The quantitative estimate of drug-likeness (QED) is 0.696. The summed E-state index contributed by atoms with van der Waals surface area (Å²) in [5, 5.41) is 3.65. The van der Waals surface area contributed by atoms with Crippen molar-refractivity contribution in [2.24, 2.45) is 0 Å². The Morgan fingerprint density at radius 1 is 1.30 bits per heavy atom. The molecule has 5 nitrogen and oxygen atoms in total. The highest BCUT2D eigenvalue weighted by molar-refractivity contribution is 6.33. The molecule has 0 unspecified atom stereocenters. The molecule has 0 saturated carbocycles. The van der Waals surface area contributed by atoms with Crippen molar-refractivity contribution in [2.75, 3.05) is 13.3 Å². The lowest BCUT2D eigenvalue weighted by Crippen LogP contribution is -2.31. The van der Waals surface area contributed by atoms with Crippen LogP contribution >= 0.6 is 11.6 Å². The van der Waals surface area contributed by atoms with E-state index in [1.807, 2.05) is 13.8 Å². The predicted octanol–water partition coefficient (Wildman–Crippen LogP) is 4.94. The number of nitrogens with zero attached hydrogens (tertiary/aromatic N) is 2. The first-order valence-corrected chi connectivity index (χ1v) is 10.1. The van der Waals surface area contributed by atoms with E-state index in [1.165, 1.54) is 35.9 Å². The summed E-state index contributed by atoms with van der Waals surface area (Å²) in [5.41, 5.74) is 4.30. The molecule has 0 radical (unpaired) electrons. The molecule has 3 rings (SSSR count). The van der Waals surface area contributed by atoms with Crippen LogP contribution in [0.15, 0.2) is 35.4 Å². The number of carbonyl (C=O) groups is 1. The Bertz CT molecular complexity index is 713. The Labute approximate surface area is 167 Å². The van der Waals surface area contributed by atoms with E-state index in [4.69, 9.17) is 16.3 Å². The lowest BCUT2D eigenvalue weighted by Gasteiger charge is -2.30. The number of halogens is 1. The van der Waals surface area contributed by atoms with E-state index in [-0.39, 0.29) is 0 Å². The van der Waals surface area contributed by atoms with E-state index in [0.29, 0.717) is 29.0 Å². The van der Waals surface area contributed by atoms with Gasteiger partial charge in [0.1, 0.15) is 12.4 Å². The number of ether oxygens (including phenoxy) is 1. The summed E-state index contributed by atoms with van der Waals surface area (Å²) >= 11 is 6.03. The van der Waals surface area contributed by atoms with E-state index in [2.05, 4.69) is 35.2 Å². The Hall–Kier alpha value is -2.01. The second-order valence-electron chi connectivity index (χ2n) is 6.68. The van der Waals surface area contributed by atoms with E-state index in [0.717, 1.165) is 25.8 Å². The maximum Gasteiger partial charge on any atom is 0.155 e. The summed E-state index contributed by atoms with van der Waals surface area (Å²) < 4.78 is 5.93. The average Bonchev–Trinajstić information content (AvgIpc) is 3.18. The van der Waals surface area contributed by atoms with Crippen LogP contribution in [0.1, 0.15) is 63.7 Å². The van der Waals surface area contributed by atoms with Crippen LogP contribution in [0.2, 0.25) is 5.02 Å². The maximum atomic E-state index is 11.3. The SMILES string of the molecule is CC.CC(C)N1CNC=C1C1=C(COc2cncc(Cl)c2C=O)CCCC1. The molecule has 148 valence electrons. The van der Waals surface area contributed by atoms with Gasteiger partial charge in [0.2, 0.25) is 0 Å². The minimum Gasteiger partial charge on any atom is -0.487 e. The summed E-state index contributed by atoms with van der Waals surface area (Å²) in [5.74, 6) is 0.444. The van der Waals surface area contributed by atoms with Gasteiger partial charge in [-0.25, -0.2) is 0 Å². The first-order valence-electron chi connectivity index (χ1n) is 9.74.